The molecule has 0 aromatic heterocycles. The lowest BCUT2D eigenvalue weighted by Gasteiger charge is -2.19. The molecule has 0 amide bonds. The molecule has 0 aliphatic heterocycles. The standard InChI is InChI=1S/C70H86O22/c1-7-41-79-80-47-24-23-46-77-69-56(26-14-18-50-85-91-83-42-8-2)31-32-57(70(69)78-45-22-21-44-76-64(71)10-4)36-40-68(75)88-61-38-34-58-52-60(37-33-59(58)53-61)87-67(74)39-35-55-30-29-54(25-13-17-48-81-89-65(72)11-5)62(27-15-19-49-82-90-66(73)12-6)63(55)28-16-20-51-86-92-84-43-9-3/h7-12,29-40,52-53H,1-6,13-28,41-51H2. The Balaban J connectivity index is 1.52. The minimum absolute atomic E-state index is 0.167. The number of aryl methyl sites for hydroxylation is 2. The van der Waals surface area contributed by atoms with Crippen molar-refractivity contribution in [3.8, 4) is 23.0 Å². The zero-order valence-electron chi connectivity index (χ0n) is 52.4. The summed E-state index contributed by atoms with van der Waals surface area (Å²) in [6.07, 6.45) is 24.0. The number of unbranched alkanes of at least 4 members (excludes halogenated alkanes) is 6. The number of carbonyl (C=O) groups excluding carboxylic acids is 5. The van der Waals surface area contributed by atoms with E-state index in [0.717, 1.165) is 52.5 Å². The van der Waals surface area contributed by atoms with E-state index in [-0.39, 0.29) is 65.2 Å². The summed E-state index contributed by atoms with van der Waals surface area (Å²) in [6, 6.07) is 18.0. The number of fused-ring (bicyclic) bond motifs is 1. The van der Waals surface area contributed by atoms with Crippen molar-refractivity contribution in [1.29, 1.82) is 0 Å². The SMILES string of the molecule is C=CCOOCCCCOc1c(CCCCOOOCC=C)ccc(C=CC(=O)Oc2ccc3cc(OC(=O)C=Cc4ccc(CCCCOOC(=O)C=C)c(CCCCOOC(=O)C=C)c4CCCCOOOCC=C)ccc3c2)c1OCCCCOC(=O)C=C. The average molecular weight is 1280 g/mol. The van der Waals surface area contributed by atoms with E-state index in [1.165, 1.54) is 24.3 Å². The van der Waals surface area contributed by atoms with Gasteiger partial charge in [0.1, 0.15) is 31.3 Å². The first kappa shape index (κ1) is 76.1. The van der Waals surface area contributed by atoms with Crippen LogP contribution in [0.3, 0.4) is 0 Å². The molecule has 4 aromatic carbocycles. The van der Waals surface area contributed by atoms with Gasteiger partial charge in [0.15, 0.2) is 11.5 Å². The number of carbonyl (C=O) groups is 5. The monoisotopic (exact) mass is 1280 g/mol. The maximum absolute atomic E-state index is 13.6. The summed E-state index contributed by atoms with van der Waals surface area (Å²) < 4.78 is 29.6. The summed E-state index contributed by atoms with van der Waals surface area (Å²) in [5, 5.41) is 10.9. The Morgan fingerprint density at radius 1 is 0.359 bits per heavy atom. The highest BCUT2D eigenvalue weighted by Crippen LogP contribution is 2.38. The Morgan fingerprint density at radius 2 is 0.793 bits per heavy atom. The van der Waals surface area contributed by atoms with E-state index in [9.17, 15) is 24.0 Å². The molecule has 0 unspecified atom stereocenters. The second-order valence-corrected chi connectivity index (χ2v) is 19.9. The molecule has 0 bridgehead atoms. The van der Waals surface area contributed by atoms with Crippen LogP contribution in [0.1, 0.15) is 110 Å². The van der Waals surface area contributed by atoms with E-state index in [4.69, 9.17) is 77.7 Å². The van der Waals surface area contributed by atoms with Crippen LogP contribution < -0.4 is 18.9 Å². The zero-order valence-corrected chi connectivity index (χ0v) is 52.4. The lowest BCUT2D eigenvalue weighted by Crippen LogP contribution is -2.09. The number of rotatable bonds is 54. The number of hydrogen-bond acceptors (Lipinski definition) is 22. The first-order valence-electron chi connectivity index (χ1n) is 30.5. The first-order valence-corrected chi connectivity index (χ1v) is 30.5. The van der Waals surface area contributed by atoms with Gasteiger partial charge in [0.2, 0.25) is 0 Å². The quantitative estimate of drug-likeness (QED) is 0.00758. The van der Waals surface area contributed by atoms with E-state index in [1.807, 2.05) is 24.3 Å². The molecule has 0 saturated heterocycles. The van der Waals surface area contributed by atoms with Gasteiger partial charge in [0.05, 0.1) is 52.9 Å². The molecule has 0 fully saturated rings. The summed E-state index contributed by atoms with van der Waals surface area (Å²) in [7, 11) is 0. The summed E-state index contributed by atoms with van der Waals surface area (Å²) in [6.45, 7) is 23.6. The van der Waals surface area contributed by atoms with Gasteiger partial charge in [-0.1, -0.05) is 84.4 Å². The minimum Gasteiger partial charge on any atom is -0.489 e. The van der Waals surface area contributed by atoms with Gasteiger partial charge in [-0.15, -0.1) is 19.7 Å². The smallest absolute Gasteiger partial charge is 0.365 e. The van der Waals surface area contributed by atoms with Crippen molar-refractivity contribution in [3.05, 3.63) is 182 Å². The highest BCUT2D eigenvalue weighted by molar-refractivity contribution is 5.92. The molecule has 498 valence electrons. The minimum atomic E-state index is -0.686. The molecule has 0 aliphatic rings. The van der Waals surface area contributed by atoms with E-state index < -0.39 is 29.8 Å². The summed E-state index contributed by atoms with van der Waals surface area (Å²) in [4.78, 5) is 111. The third-order valence-corrected chi connectivity index (χ3v) is 13.0. The molecule has 0 spiro atoms. The maximum atomic E-state index is 13.6. The van der Waals surface area contributed by atoms with Crippen molar-refractivity contribution in [3.63, 3.8) is 0 Å². The van der Waals surface area contributed by atoms with Crippen LogP contribution in [0.15, 0.2) is 149 Å². The fraction of sp³-hybridized carbons (Fsp3) is 0.386. The third-order valence-electron chi connectivity index (χ3n) is 13.0. The van der Waals surface area contributed by atoms with Crippen molar-refractivity contribution in [1.82, 2.24) is 0 Å². The van der Waals surface area contributed by atoms with Crippen LogP contribution in [0.25, 0.3) is 22.9 Å². The second kappa shape index (κ2) is 48.4. The molecular formula is C70H86O22. The number of ether oxygens (including phenoxy) is 5. The molecule has 0 radical (unpaired) electrons. The average Bonchev–Trinajstić information content (AvgIpc) is 0.951. The number of hydrogen-bond donors (Lipinski definition) is 0. The fourth-order valence-electron chi connectivity index (χ4n) is 8.59. The van der Waals surface area contributed by atoms with Crippen molar-refractivity contribution in [2.75, 3.05) is 72.7 Å². The molecule has 0 N–H and O–H groups in total. The fourth-order valence-corrected chi connectivity index (χ4v) is 8.59. The zero-order chi connectivity index (χ0) is 66.1. The summed E-state index contributed by atoms with van der Waals surface area (Å²) >= 11 is 0. The number of esters is 3. The highest BCUT2D eigenvalue weighted by atomic mass is 17.5. The topological polar surface area (TPSA) is 242 Å². The third kappa shape index (κ3) is 32.1. The molecule has 4 aromatic rings. The van der Waals surface area contributed by atoms with Gasteiger partial charge < -0.3 is 23.7 Å². The van der Waals surface area contributed by atoms with Gasteiger partial charge in [0, 0.05) is 35.9 Å². The van der Waals surface area contributed by atoms with Gasteiger partial charge >= 0.3 is 29.8 Å². The Morgan fingerprint density at radius 3 is 1.35 bits per heavy atom. The predicted octanol–water partition coefficient (Wildman–Crippen LogP) is 13.0. The molecule has 0 atom stereocenters. The van der Waals surface area contributed by atoms with Crippen molar-refractivity contribution >= 4 is 52.8 Å². The van der Waals surface area contributed by atoms with Crippen LogP contribution in [0.4, 0.5) is 0 Å². The van der Waals surface area contributed by atoms with E-state index in [0.29, 0.717) is 143 Å². The van der Waals surface area contributed by atoms with Gasteiger partial charge in [-0.3, -0.25) is 9.78 Å². The predicted molar refractivity (Wildman–Crippen MR) is 341 cm³/mol. The molecule has 4 rings (SSSR count). The van der Waals surface area contributed by atoms with Crippen LogP contribution in [-0.2, 0) is 113 Å². The van der Waals surface area contributed by atoms with E-state index >= 15 is 0 Å². The second-order valence-electron chi connectivity index (χ2n) is 19.9. The largest absolute Gasteiger partial charge is 0.489 e. The van der Waals surface area contributed by atoms with Crippen LogP contribution >= 0.6 is 0 Å². The van der Waals surface area contributed by atoms with Crippen molar-refractivity contribution in [2.24, 2.45) is 0 Å². The van der Waals surface area contributed by atoms with E-state index in [1.54, 1.807) is 54.6 Å². The number of benzene rings is 4. The molecular weight excluding hydrogens is 1190 g/mol. The Hall–Kier alpha value is -8.39. The molecule has 22 nitrogen and oxygen atoms in total. The Bertz CT molecular complexity index is 3000. The lowest BCUT2D eigenvalue weighted by atomic mass is 9.87. The summed E-state index contributed by atoms with van der Waals surface area (Å²) in [5.41, 5.74) is 5.45. The van der Waals surface area contributed by atoms with Gasteiger partial charge in [-0.25, -0.2) is 53.3 Å². The van der Waals surface area contributed by atoms with Gasteiger partial charge in [-0.2, -0.15) is 9.78 Å². The van der Waals surface area contributed by atoms with E-state index in [2.05, 4.69) is 44.4 Å². The molecule has 0 heterocycles. The van der Waals surface area contributed by atoms with Crippen LogP contribution in [-0.4, -0.2) is 103 Å². The highest BCUT2D eigenvalue weighted by Gasteiger charge is 2.18. The van der Waals surface area contributed by atoms with Gasteiger partial charge in [0.25, 0.3) is 0 Å². The van der Waals surface area contributed by atoms with Crippen molar-refractivity contribution < 1.29 is 107 Å². The molecule has 92 heavy (non-hydrogen) atoms. The van der Waals surface area contributed by atoms with Gasteiger partial charge in [-0.05, 0) is 178 Å². The first-order chi connectivity index (χ1) is 45.0. The maximum Gasteiger partial charge on any atom is 0.365 e. The van der Waals surface area contributed by atoms with Crippen LogP contribution in [0.5, 0.6) is 23.0 Å². The molecule has 0 aliphatic carbocycles. The Labute approximate surface area is 537 Å². The molecule has 0 saturated carbocycles. The summed E-state index contributed by atoms with van der Waals surface area (Å²) in [5.74, 6) is -1.65. The van der Waals surface area contributed by atoms with Crippen LogP contribution in [0.2, 0.25) is 0 Å². The molecule has 22 heteroatoms. The normalized spacial score (nSPS) is 11.1. The Kier molecular flexibility index (Phi) is 40.0. The lowest BCUT2D eigenvalue weighted by molar-refractivity contribution is -0.509. The van der Waals surface area contributed by atoms with Crippen molar-refractivity contribution in [2.45, 2.75) is 103 Å². The van der Waals surface area contributed by atoms with Crippen LogP contribution in [0, 0.1) is 0 Å².